The van der Waals surface area contributed by atoms with Crippen molar-refractivity contribution < 1.29 is 14.3 Å². The lowest BCUT2D eigenvalue weighted by Gasteiger charge is -1.86. The van der Waals surface area contributed by atoms with Crippen molar-refractivity contribution in [2.24, 2.45) is 5.73 Å². The minimum Gasteiger partial charge on any atom is -0.454 e. The van der Waals surface area contributed by atoms with E-state index in [0.29, 0.717) is 6.61 Å². The average molecular weight is 168 g/mol. The summed E-state index contributed by atoms with van der Waals surface area (Å²) in [5, 5.41) is 0. The van der Waals surface area contributed by atoms with Crippen molar-refractivity contribution in [3.05, 3.63) is 0 Å². The average Bonchev–Trinajstić information content (AvgIpc) is 1.62. The van der Waals surface area contributed by atoms with Crippen molar-refractivity contribution in [3.63, 3.8) is 0 Å². The number of rotatable bonds is 1. The summed E-state index contributed by atoms with van der Waals surface area (Å²) in [7, 11) is 0. The van der Waals surface area contributed by atoms with Gasteiger partial charge in [-0.05, 0) is 6.92 Å². The van der Waals surface area contributed by atoms with Gasteiger partial charge in [0.25, 0.3) is 0 Å². The molecule has 0 radical (unpaired) electrons. The number of hydrogen-bond donors (Lipinski definition) is 1. The van der Waals surface area contributed by atoms with Crippen LogP contribution in [0.15, 0.2) is 0 Å². The van der Waals surface area contributed by atoms with Crippen LogP contribution in [0.3, 0.4) is 0 Å². The van der Waals surface area contributed by atoms with Crippen molar-refractivity contribution in [3.8, 4) is 0 Å². The first kappa shape index (κ1) is 12.0. The highest BCUT2D eigenvalue weighted by Gasteiger charge is 1.86. The zero-order valence-electron chi connectivity index (χ0n) is 5.89. The lowest BCUT2D eigenvalue weighted by atomic mass is 10.8. The molecule has 0 aliphatic rings. The van der Waals surface area contributed by atoms with Crippen LogP contribution < -0.4 is 5.73 Å². The Morgan fingerprint density at radius 1 is 1.60 bits per heavy atom. The Hall–Kier alpha value is -0.770. The number of primary amides is 1. The number of halogens is 1. The van der Waals surface area contributed by atoms with E-state index in [1.54, 1.807) is 6.92 Å². The van der Waals surface area contributed by atoms with Gasteiger partial charge in [0, 0.05) is 18.5 Å². The van der Waals surface area contributed by atoms with Gasteiger partial charge >= 0.3 is 5.43 Å². The smallest absolute Gasteiger partial charge is 0.403 e. The van der Waals surface area contributed by atoms with Gasteiger partial charge in [0.15, 0.2) is 0 Å². The van der Waals surface area contributed by atoms with Crippen LogP contribution in [-0.2, 0) is 9.53 Å². The second-order valence-electron chi connectivity index (χ2n) is 1.28. The molecule has 0 aliphatic heterocycles. The first-order valence-electron chi connectivity index (χ1n) is 2.59. The Balaban J connectivity index is 0. The number of ether oxygens (including phenoxy) is 1. The van der Waals surface area contributed by atoms with Gasteiger partial charge in [0.1, 0.15) is 0 Å². The van der Waals surface area contributed by atoms with E-state index in [-0.39, 0.29) is 5.91 Å². The molecule has 5 heteroatoms. The van der Waals surface area contributed by atoms with Crippen LogP contribution in [0.5, 0.6) is 0 Å². The molecule has 0 heterocycles. The molecule has 0 atom stereocenters. The fraction of sp³-hybridized carbons (Fsp3) is 0.600. The van der Waals surface area contributed by atoms with Gasteiger partial charge in [0.05, 0.1) is 6.61 Å². The van der Waals surface area contributed by atoms with Crippen LogP contribution in [-0.4, -0.2) is 17.9 Å². The highest BCUT2D eigenvalue weighted by molar-refractivity contribution is 6.61. The molecule has 10 heavy (non-hydrogen) atoms. The normalized spacial score (nSPS) is 7.10. The van der Waals surface area contributed by atoms with Gasteiger partial charge in [0.2, 0.25) is 5.91 Å². The van der Waals surface area contributed by atoms with Crippen molar-refractivity contribution in [2.75, 3.05) is 6.61 Å². The van der Waals surface area contributed by atoms with Crippen molar-refractivity contribution in [1.82, 2.24) is 0 Å². The molecule has 0 aromatic rings. The topological polar surface area (TPSA) is 69.4 Å². The third-order valence-electron chi connectivity index (χ3n) is 0.258. The number of hydrogen-bond acceptors (Lipinski definition) is 3. The molecule has 0 bridgehead atoms. The first-order chi connectivity index (χ1) is 4.50. The molecule has 0 unspecified atom stereocenters. The summed E-state index contributed by atoms with van der Waals surface area (Å²) in [6, 6.07) is 0. The van der Waals surface area contributed by atoms with Gasteiger partial charge in [-0.3, -0.25) is 4.79 Å². The van der Waals surface area contributed by atoms with Crippen molar-refractivity contribution in [1.29, 1.82) is 0 Å². The molecule has 0 rings (SSSR count). The Morgan fingerprint density at radius 3 is 1.90 bits per heavy atom. The van der Waals surface area contributed by atoms with Gasteiger partial charge in [-0.15, -0.1) is 0 Å². The standard InChI is InChI=1S/C3H5ClO2.C2H5NO/c1-2-6-3(4)5;1-2(3)4/h2H2,1H3;1H3,(H2,3,4). The summed E-state index contributed by atoms with van der Waals surface area (Å²) in [4.78, 5) is 18.8. The maximum atomic E-state index is 9.59. The summed E-state index contributed by atoms with van der Waals surface area (Å²) in [6.45, 7) is 3.35. The third kappa shape index (κ3) is 56.4. The van der Waals surface area contributed by atoms with Crippen molar-refractivity contribution >= 4 is 22.9 Å². The predicted octanol–water partition coefficient (Wildman–Crippen LogP) is 0.873. The molecule has 60 valence electrons. The number of carbonyl (C=O) groups excluding carboxylic acids is 2. The maximum absolute atomic E-state index is 9.59. The van der Waals surface area contributed by atoms with Crippen LogP contribution in [0.25, 0.3) is 0 Å². The molecule has 2 N–H and O–H groups in total. The molecule has 0 aromatic carbocycles. The second kappa shape index (κ2) is 8.23. The highest BCUT2D eigenvalue weighted by Crippen LogP contribution is 1.82. The van der Waals surface area contributed by atoms with E-state index < -0.39 is 5.43 Å². The fourth-order valence-corrected chi connectivity index (χ4v) is 0.223. The van der Waals surface area contributed by atoms with E-state index in [9.17, 15) is 9.59 Å². The molecule has 0 spiro atoms. The van der Waals surface area contributed by atoms with Gasteiger partial charge in [-0.1, -0.05) is 0 Å². The van der Waals surface area contributed by atoms with Crippen LogP contribution in [0.4, 0.5) is 4.79 Å². The minimum atomic E-state index is -0.738. The predicted molar refractivity (Wildman–Crippen MR) is 37.7 cm³/mol. The monoisotopic (exact) mass is 167 g/mol. The molecule has 0 saturated carbocycles. The van der Waals surface area contributed by atoms with Crippen LogP contribution in [0.1, 0.15) is 13.8 Å². The molecule has 0 aliphatic carbocycles. The molecule has 1 amide bonds. The summed E-state index contributed by atoms with van der Waals surface area (Å²) < 4.78 is 4.17. The minimum absolute atomic E-state index is 0.333. The molecule has 4 nitrogen and oxygen atoms in total. The number of amides is 1. The molecule has 0 aromatic heterocycles. The molecule has 0 fully saturated rings. The molecular formula is C5H10ClNO3. The second-order valence-corrected chi connectivity index (χ2v) is 1.59. The Labute approximate surface area is 64.3 Å². The van der Waals surface area contributed by atoms with Crippen LogP contribution >= 0.6 is 11.6 Å². The number of nitrogens with two attached hydrogens (primary N) is 1. The summed E-state index contributed by atoms with van der Waals surface area (Å²) in [5.74, 6) is -0.333. The van der Waals surface area contributed by atoms with E-state index in [1.165, 1.54) is 6.92 Å². The number of carbonyl (C=O) groups is 2. The van der Waals surface area contributed by atoms with Gasteiger partial charge < -0.3 is 10.5 Å². The van der Waals surface area contributed by atoms with E-state index in [2.05, 4.69) is 10.5 Å². The Bertz CT molecular complexity index is 111. The Morgan fingerprint density at radius 2 is 1.90 bits per heavy atom. The molecular weight excluding hydrogens is 158 g/mol. The van der Waals surface area contributed by atoms with Gasteiger partial charge in [-0.25, -0.2) is 4.79 Å². The van der Waals surface area contributed by atoms with Crippen LogP contribution in [0, 0.1) is 0 Å². The quantitative estimate of drug-likeness (QED) is 0.590. The summed E-state index contributed by atoms with van der Waals surface area (Å²) in [5.41, 5.74) is 3.73. The highest BCUT2D eigenvalue weighted by atomic mass is 35.5. The van der Waals surface area contributed by atoms with E-state index in [0.717, 1.165) is 0 Å². The molecule has 0 saturated heterocycles. The fourth-order valence-electron chi connectivity index (χ4n) is 0.113. The summed E-state index contributed by atoms with van der Waals surface area (Å²) in [6.07, 6.45) is 0. The van der Waals surface area contributed by atoms with Crippen molar-refractivity contribution in [2.45, 2.75) is 13.8 Å². The first-order valence-corrected chi connectivity index (χ1v) is 2.96. The lowest BCUT2D eigenvalue weighted by molar-refractivity contribution is -0.115. The van der Waals surface area contributed by atoms with E-state index in [4.69, 9.17) is 11.6 Å². The van der Waals surface area contributed by atoms with E-state index in [1.807, 2.05) is 0 Å². The van der Waals surface area contributed by atoms with E-state index >= 15 is 0 Å². The zero-order chi connectivity index (χ0) is 8.57. The largest absolute Gasteiger partial charge is 0.454 e. The third-order valence-corrected chi connectivity index (χ3v) is 0.367. The maximum Gasteiger partial charge on any atom is 0.403 e. The Kier molecular flexibility index (Phi) is 9.84. The van der Waals surface area contributed by atoms with Crippen LogP contribution in [0.2, 0.25) is 0 Å². The lowest BCUT2D eigenvalue weighted by Crippen LogP contribution is -2.01. The summed E-state index contributed by atoms with van der Waals surface area (Å²) >= 11 is 4.72. The van der Waals surface area contributed by atoms with Gasteiger partial charge in [-0.2, -0.15) is 0 Å². The zero-order valence-corrected chi connectivity index (χ0v) is 6.64. The SMILES string of the molecule is CC(N)=O.CCOC(=O)Cl.